The second-order valence-electron chi connectivity index (χ2n) is 3.70. The lowest BCUT2D eigenvalue weighted by Crippen LogP contribution is -2.08. The number of esters is 1. The van der Waals surface area contributed by atoms with E-state index in [-0.39, 0.29) is 5.97 Å². The van der Waals surface area contributed by atoms with Gasteiger partial charge < -0.3 is 4.74 Å². The molecule has 3 nitrogen and oxygen atoms in total. The summed E-state index contributed by atoms with van der Waals surface area (Å²) in [6.07, 6.45) is 9.47. The van der Waals surface area contributed by atoms with Crippen molar-refractivity contribution in [2.75, 3.05) is 6.61 Å². The summed E-state index contributed by atoms with van der Waals surface area (Å²) in [4.78, 5) is 11.7. The van der Waals surface area contributed by atoms with E-state index in [9.17, 15) is 4.79 Å². The van der Waals surface area contributed by atoms with E-state index in [2.05, 4.69) is 0 Å². The summed E-state index contributed by atoms with van der Waals surface area (Å²) in [5.41, 5.74) is 1.36. The summed E-state index contributed by atoms with van der Waals surface area (Å²) in [6, 6.07) is 1.80. The summed E-state index contributed by atoms with van der Waals surface area (Å²) in [5.74, 6) is 1.25. The van der Waals surface area contributed by atoms with E-state index in [1.165, 1.54) is 0 Å². The van der Waals surface area contributed by atoms with Crippen LogP contribution < -0.4 is 0 Å². The van der Waals surface area contributed by atoms with Crippen LogP contribution in [0.15, 0.2) is 16.7 Å². The van der Waals surface area contributed by atoms with Crippen molar-refractivity contribution < 1.29 is 13.9 Å². The maximum absolute atomic E-state index is 11.7. The predicted octanol–water partition coefficient (Wildman–Crippen LogP) is 2.80. The van der Waals surface area contributed by atoms with E-state index in [4.69, 9.17) is 9.15 Å². The zero-order valence-electron chi connectivity index (χ0n) is 9.90. The third-order valence-corrected chi connectivity index (χ3v) is 2.53. The fourth-order valence-electron chi connectivity index (χ4n) is 1.64. The molecule has 0 amide bonds. The van der Waals surface area contributed by atoms with Gasteiger partial charge in [0.1, 0.15) is 0 Å². The molecule has 1 aliphatic carbocycles. The smallest absolute Gasteiger partial charge is 0.347 e. The normalized spacial score (nSPS) is 16.1. The third-order valence-electron chi connectivity index (χ3n) is 2.53. The molecule has 1 aromatic heterocycles. The Morgan fingerprint density at radius 3 is 2.71 bits per heavy atom. The summed E-state index contributed by atoms with van der Waals surface area (Å²) >= 11 is 0. The first-order chi connectivity index (χ1) is 8.22. The van der Waals surface area contributed by atoms with Crippen LogP contribution in [0.2, 0.25) is 0 Å². The van der Waals surface area contributed by atoms with Crippen molar-refractivity contribution in [2.45, 2.75) is 13.8 Å². The number of rotatable bonds is 3. The van der Waals surface area contributed by atoms with Crippen molar-refractivity contribution in [3.05, 3.63) is 60.8 Å². The fourth-order valence-corrected chi connectivity index (χ4v) is 1.64. The van der Waals surface area contributed by atoms with Gasteiger partial charge in [-0.2, -0.15) is 0 Å². The molecule has 87 valence electrons. The van der Waals surface area contributed by atoms with Crippen molar-refractivity contribution in [1.29, 1.82) is 0 Å². The van der Waals surface area contributed by atoms with Crippen molar-refractivity contribution in [3.63, 3.8) is 0 Å². The first-order valence-electron chi connectivity index (χ1n) is 5.54. The van der Waals surface area contributed by atoms with Crippen molar-refractivity contribution in [3.8, 4) is 0 Å². The summed E-state index contributed by atoms with van der Waals surface area (Å²) < 4.78 is 10.4. The number of carbonyl (C=O) groups excluding carboxylic acids is 1. The zero-order valence-corrected chi connectivity index (χ0v) is 9.90. The average Bonchev–Trinajstić information content (AvgIpc) is 2.83. The van der Waals surface area contributed by atoms with Gasteiger partial charge in [0.2, 0.25) is 0 Å². The molecule has 1 aromatic rings. The minimum Gasteiger partial charge on any atom is -0.462 e. The second-order valence-corrected chi connectivity index (χ2v) is 3.70. The van der Waals surface area contributed by atoms with E-state index in [1.807, 2.05) is 25.7 Å². The highest BCUT2D eigenvalue weighted by Crippen LogP contribution is 2.31. The molecule has 1 heterocycles. The van der Waals surface area contributed by atoms with Gasteiger partial charge in [0.25, 0.3) is 0 Å². The van der Waals surface area contributed by atoms with Crippen LogP contribution in [-0.4, -0.2) is 12.6 Å². The lowest BCUT2D eigenvalue weighted by atomic mass is 9.98. The van der Waals surface area contributed by atoms with Crippen LogP contribution in [0.4, 0.5) is 0 Å². The Balaban J connectivity index is 2.25. The van der Waals surface area contributed by atoms with E-state index in [1.54, 1.807) is 26.2 Å². The Morgan fingerprint density at radius 2 is 2.06 bits per heavy atom. The van der Waals surface area contributed by atoms with Crippen molar-refractivity contribution >= 4 is 5.97 Å². The standard InChI is InChI=1S/C14H14O3/c1-3-16-14(15)13-8-12(9-17-10(13)2)11-6-4-5-7-11/h4-9H,3H2,1-2H3/q+1. The molecule has 1 fully saturated rings. The summed E-state index contributed by atoms with van der Waals surface area (Å²) in [6.45, 7) is 3.89. The molecule has 0 bridgehead atoms. The van der Waals surface area contributed by atoms with Crippen LogP contribution in [-0.2, 0) is 4.74 Å². The molecule has 0 aliphatic heterocycles. The number of hydrogen-bond donors (Lipinski definition) is 0. The van der Waals surface area contributed by atoms with Crippen LogP contribution in [0.5, 0.6) is 0 Å². The summed E-state index contributed by atoms with van der Waals surface area (Å²) in [5, 5.41) is 0. The van der Waals surface area contributed by atoms with Gasteiger partial charge in [-0.1, -0.05) is 0 Å². The van der Waals surface area contributed by atoms with Crippen LogP contribution in [0.1, 0.15) is 28.6 Å². The molecule has 0 saturated heterocycles. The molecule has 0 N–H and O–H groups in total. The number of aryl methyl sites for hydroxylation is 1. The van der Waals surface area contributed by atoms with Gasteiger partial charge >= 0.3 is 18.0 Å². The molecule has 0 unspecified atom stereocenters. The summed E-state index contributed by atoms with van der Waals surface area (Å²) in [7, 11) is 0. The predicted molar refractivity (Wildman–Crippen MR) is 63.4 cm³/mol. The first-order valence-corrected chi connectivity index (χ1v) is 5.54. The molecule has 0 atom stereocenters. The Morgan fingerprint density at radius 1 is 1.35 bits per heavy atom. The Bertz CT molecular complexity index is 406. The van der Waals surface area contributed by atoms with Gasteiger partial charge in [0.15, 0.2) is 5.56 Å². The van der Waals surface area contributed by atoms with E-state index in [0.29, 0.717) is 17.9 Å². The van der Waals surface area contributed by atoms with E-state index >= 15 is 0 Å². The molecular weight excluding hydrogens is 216 g/mol. The van der Waals surface area contributed by atoms with Crippen LogP contribution in [0, 0.1) is 38.5 Å². The second kappa shape index (κ2) is 5.30. The van der Waals surface area contributed by atoms with Gasteiger partial charge in [-0.25, -0.2) is 9.21 Å². The molecule has 3 heteroatoms. The monoisotopic (exact) mass is 230 g/mol. The van der Waals surface area contributed by atoms with Crippen LogP contribution in [0.3, 0.4) is 0 Å². The Kier molecular flexibility index (Phi) is 3.77. The minimum atomic E-state index is -0.345. The van der Waals surface area contributed by atoms with Crippen LogP contribution >= 0.6 is 0 Å². The van der Waals surface area contributed by atoms with E-state index < -0.39 is 0 Å². The molecule has 1 saturated carbocycles. The largest absolute Gasteiger partial charge is 0.462 e. The first kappa shape index (κ1) is 12.1. The van der Waals surface area contributed by atoms with Gasteiger partial charge in [-0.05, 0) is 38.7 Å². The highest BCUT2D eigenvalue weighted by molar-refractivity contribution is 5.90. The van der Waals surface area contributed by atoms with Crippen LogP contribution in [0.25, 0.3) is 0 Å². The molecule has 0 spiro atoms. The fraction of sp³-hybridized carbons (Fsp3) is 0.214. The Hall–Kier alpha value is -1.38. The molecule has 2 rings (SSSR count). The molecule has 0 aromatic carbocycles. The lowest BCUT2D eigenvalue weighted by Gasteiger charge is -2.05. The SMILES string of the molecule is CCOC(=O)c1cc([C]2[CH][CH][CH][CH]2)c[o+]c1C. The van der Waals surface area contributed by atoms with Crippen molar-refractivity contribution in [1.82, 2.24) is 0 Å². The minimum absolute atomic E-state index is 0.345. The van der Waals surface area contributed by atoms with Gasteiger partial charge in [-0.3, -0.25) is 0 Å². The van der Waals surface area contributed by atoms with Gasteiger partial charge in [0, 0.05) is 5.92 Å². The van der Waals surface area contributed by atoms with Gasteiger partial charge in [-0.15, -0.1) is 0 Å². The average molecular weight is 230 g/mol. The quantitative estimate of drug-likeness (QED) is 0.592. The van der Waals surface area contributed by atoms with Gasteiger partial charge in [0.05, 0.1) is 19.1 Å². The molecular formula is C14H14O3+. The molecule has 5 radical (unpaired) electrons. The number of hydrogen-bond acceptors (Lipinski definition) is 2. The van der Waals surface area contributed by atoms with E-state index in [0.717, 1.165) is 11.5 Å². The maximum Gasteiger partial charge on any atom is 0.347 e. The lowest BCUT2D eigenvalue weighted by molar-refractivity contribution is 0.0522. The Labute approximate surface area is 102 Å². The highest BCUT2D eigenvalue weighted by Gasteiger charge is 2.26. The number of ether oxygens (including phenoxy) is 1. The molecule has 1 aliphatic rings. The maximum atomic E-state index is 11.7. The van der Waals surface area contributed by atoms with Crippen molar-refractivity contribution in [2.24, 2.45) is 0 Å². The number of carbonyl (C=O) groups is 1. The third kappa shape index (κ3) is 2.65. The topological polar surface area (TPSA) is 37.6 Å². The zero-order chi connectivity index (χ0) is 12.3. The highest BCUT2D eigenvalue weighted by atomic mass is 16.5. The molecule has 17 heavy (non-hydrogen) atoms.